The van der Waals surface area contributed by atoms with E-state index in [4.69, 9.17) is 0 Å². The molecule has 0 aliphatic carbocycles. The Morgan fingerprint density at radius 3 is 2.62 bits per heavy atom. The van der Waals surface area contributed by atoms with Gasteiger partial charge < -0.3 is 14.9 Å². The number of likely N-dealkylation sites (tertiary alicyclic amines) is 1. The highest BCUT2D eigenvalue weighted by Crippen LogP contribution is 2.27. The molecule has 1 saturated heterocycles. The summed E-state index contributed by atoms with van der Waals surface area (Å²) >= 11 is 0. The minimum Gasteiger partial charge on any atom is -0.465 e. The summed E-state index contributed by atoms with van der Waals surface area (Å²) in [5.74, 6) is 0.498. The van der Waals surface area contributed by atoms with E-state index in [9.17, 15) is 14.7 Å². The molecule has 2 aromatic rings. The van der Waals surface area contributed by atoms with Crippen LogP contribution in [0.5, 0.6) is 0 Å². The van der Waals surface area contributed by atoms with Gasteiger partial charge in [0, 0.05) is 32.2 Å². The second-order valence-electron chi connectivity index (χ2n) is 7.70. The maximum absolute atomic E-state index is 13.1. The molecule has 8 heteroatoms. The van der Waals surface area contributed by atoms with Crippen LogP contribution in [0.25, 0.3) is 0 Å². The van der Waals surface area contributed by atoms with Gasteiger partial charge in [-0.1, -0.05) is 30.3 Å². The van der Waals surface area contributed by atoms with Crippen LogP contribution in [0.15, 0.2) is 36.5 Å². The lowest BCUT2D eigenvalue weighted by atomic mass is 10.0. The van der Waals surface area contributed by atoms with E-state index in [0.29, 0.717) is 18.9 Å². The van der Waals surface area contributed by atoms with Crippen LogP contribution in [-0.4, -0.2) is 67.2 Å². The Morgan fingerprint density at radius 1 is 1.24 bits per heavy atom. The van der Waals surface area contributed by atoms with E-state index < -0.39 is 6.09 Å². The van der Waals surface area contributed by atoms with Gasteiger partial charge in [0.2, 0.25) is 0 Å². The highest BCUT2D eigenvalue weighted by Gasteiger charge is 2.36. The quantitative estimate of drug-likeness (QED) is 0.811. The minimum absolute atomic E-state index is 0.0737. The van der Waals surface area contributed by atoms with Gasteiger partial charge >= 0.3 is 12.1 Å². The predicted molar refractivity (Wildman–Crippen MR) is 107 cm³/mol. The van der Waals surface area contributed by atoms with E-state index in [2.05, 4.69) is 34.1 Å². The first kappa shape index (κ1) is 19.4. The lowest BCUT2D eigenvalue weighted by Gasteiger charge is -2.36. The standard InChI is InChI=1S/C21H27N5O3/c1-2-24(21(28)29)15-19-22-12-18-14-25(20(27)26(18)19)17-8-10-23(11-9-17)13-16-6-4-3-5-7-16/h3-7,12,17H,2,8-11,13-15H2,1H3,(H,28,29). The lowest BCUT2D eigenvalue weighted by Crippen LogP contribution is -2.45. The number of piperidine rings is 1. The number of nitrogens with zero attached hydrogens (tertiary/aromatic N) is 5. The third kappa shape index (κ3) is 3.98. The fraction of sp³-hybridized carbons (Fsp3) is 0.476. The monoisotopic (exact) mass is 397 g/mol. The van der Waals surface area contributed by atoms with E-state index in [1.165, 1.54) is 10.5 Å². The van der Waals surface area contributed by atoms with Gasteiger partial charge in [0.05, 0.1) is 25.0 Å². The first-order chi connectivity index (χ1) is 14.1. The molecule has 1 N–H and O–H groups in total. The number of carboxylic acid groups (broad SMARTS) is 1. The zero-order valence-electron chi connectivity index (χ0n) is 16.7. The Labute approximate surface area is 170 Å². The van der Waals surface area contributed by atoms with Crippen LogP contribution in [0.2, 0.25) is 0 Å². The smallest absolute Gasteiger partial charge is 0.407 e. The molecule has 2 aliphatic rings. The molecule has 4 rings (SSSR count). The summed E-state index contributed by atoms with van der Waals surface area (Å²) < 4.78 is 1.60. The van der Waals surface area contributed by atoms with Gasteiger partial charge in [-0.05, 0) is 25.3 Å². The molecule has 0 unspecified atom stereocenters. The van der Waals surface area contributed by atoms with Crippen molar-refractivity contribution in [2.45, 2.75) is 45.4 Å². The third-order valence-corrected chi connectivity index (χ3v) is 5.91. The van der Waals surface area contributed by atoms with Gasteiger partial charge in [-0.3, -0.25) is 4.90 Å². The van der Waals surface area contributed by atoms with Crippen LogP contribution in [-0.2, 0) is 19.6 Å². The average Bonchev–Trinajstić information content (AvgIpc) is 3.27. The number of carbonyl (C=O) groups excluding carboxylic acids is 1. The van der Waals surface area contributed by atoms with Crippen LogP contribution in [0.3, 0.4) is 0 Å². The van der Waals surface area contributed by atoms with Gasteiger partial charge in [0.15, 0.2) is 0 Å². The van der Waals surface area contributed by atoms with Crippen molar-refractivity contribution in [1.29, 1.82) is 0 Å². The number of imidazole rings is 1. The van der Waals surface area contributed by atoms with E-state index in [1.807, 2.05) is 11.0 Å². The van der Waals surface area contributed by atoms with Crippen LogP contribution in [0, 0.1) is 0 Å². The molecule has 0 radical (unpaired) electrons. The Hall–Kier alpha value is -2.87. The first-order valence-electron chi connectivity index (χ1n) is 10.2. The lowest BCUT2D eigenvalue weighted by molar-refractivity contribution is 0.122. The Morgan fingerprint density at radius 2 is 1.97 bits per heavy atom. The van der Waals surface area contributed by atoms with Gasteiger partial charge in [0.1, 0.15) is 5.82 Å². The van der Waals surface area contributed by atoms with E-state index >= 15 is 0 Å². The van der Waals surface area contributed by atoms with Crippen molar-refractivity contribution in [2.75, 3.05) is 19.6 Å². The molecule has 0 atom stereocenters. The number of aromatic nitrogens is 2. The number of hydrogen-bond donors (Lipinski definition) is 1. The summed E-state index contributed by atoms with van der Waals surface area (Å²) in [7, 11) is 0. The second-order valence-corrected chi connectivity index (χ2v) is 7.70. The fourth-order valence-electron chi connectivity index (χ4n) is 4.26. The molecule has 2 amide bonds. The molecule has 3 heterocycles. The number of amides is 2. The molecule has 8 nitrogen and oxygen atoms in total. The zero-order chi connectivity index (χ0) is 20.4. The molecular weight excluding hydrogens is 370 g/mol. The topological polar surface area (TPSA) is 81.9 Å². The van der Waals surface area contributed by atoms with Crippen molar-refractivity contribution in [3.63, 3.8) is 0 Å². The van der Waals surface area contributed by atoms with Gasteiger partial charge in [0.25, 0.3) is 0 Å². The summed E-state index contributed by atoms with van der Waals surface area (Å²) in [6, 6.07) is 10.6. The normalized spacial score (nSPS) is 17.6. The van der Waals surface area contributed by atoms with Crippen molar-refractivity contribution in [1.82, 2.24) is 24.3 Å². The maximum atomic E-state index is 13.1. The number of rotatable bonds is 6. The number of hydrogen-bond acceptors (Lipinski definition) is 4. The minimum atomic E-state index is -1.00. The number of fused-ring (bicyclic) bond motifs is 1. The second kappa shape index (κ2) is 8.24. The molecule has 0 spiro atoms. The molecule has 2 aliphatic heterocycles. The summed E-state index contributed by atoms with van der Waals surface area (Å²) in [5.41, 5.74) is 2.16. The summed E-state index contributed by atoms with van der Waals surface area (Å²) in [4.78, 5) is 34.3. The molecule has 1 aromatic heterocycles. The van der Waals surface area contributed by atoms with Crippen LogP contribution in [0.4, 0.5) is 9.59 Å². The maximum Gasteiger partial charge on any atom is 0.407 e. The van der Waals surface area contributed by atoms with E-state index in [1.54, 1.807) is 17.7 Å². The summed E-state index contributed by atoms with van der Waals surface area (Å²) in [5, 5.41) is 9.26. The van der Waals surface area contributed by atoms with Gasteiger partial charge in [-0.25, -0.2) is 19.1 Å². The van der Waals surface area contributed by atoms with Crippen LogP contribution >= 0.6 is 0 Å². The third-order valence-electron chi connectivity index (χ3n) is 5.91. The van der Waals surface area contributed by atoms with Crippen molar-refractivity contribution < 1.29 is 14.7 Å². The van der Waals surface area contributed by atoms with Crippen LogP contribution in [0.1, 0.15) is 36.8 Å². The molecule has 0 saturated carbocycles. The molecule has 0 bridgehead atoms. The fourth-order valence-corrected chi connectivity index (χ4v) is 4.26. The van der Waals surface area contributed by atoms with Gasteiger partial charge in [-0.15, -0.1) is 0 Å². The predicted octanol–water partition coefficient (Wildman–Crippen LogP) is 2.83. The number of carbonyl (C=O) groups is 2. The Kier molecular flexibility index (Phi) is 5.53. The van der Waals surface area contributed by atoms with E-state index in [-0.39, 0.29) is 18.6 Å². The number of benzene rings is 1. The van der Waals surface area contributed by atoms with Crippen molar-refractivity contribution >= 4 is 12.1 Å². The molecule has 1 aromatic carbocycles. The van der Waals surface area contributed by atoms with Crippen molar-refractivity contribution in [3.05, 3.63) is 53.6 Å². The first-order valence-corrected chi connectivity index (χ1v) is 10.2. The molecule has 154 valence electrons. The van der Waals surface area contributed by atoms with E-state index in [0.717, 1.165) is 38.2 Å². The largest absolute Gasteiger partial charge is 0.465 e. The van der Waals surface area contributed by atoms with Crippen LogP contribution < -0.4 is 0 Å². The van der Waals surface area contributed by atoms with Crippen molar-refractivity contribution in [3.8, 4) is 0 Å². The molecular formula is C21H27N5O3. The SMILES string of the molecule is CCN(Cc1ncc2n1C(=O)N(C1CCN(Cc3ccccc3)CC1)C2)C(=O)O. The zero-order valence-corrected chi connectivity index (χ0v) is 16.7. The summed E-state index contributed by atoms with van der Waals surface area (Å²) in [6.45, 7) is 5.68. The highest BCUT2D eigenvalue weighted by molar-refractivity contribution is 5.81. The molecule has 29 heavy (non-hydrogen) atoms. The van der Waals surface area contributed by atoms with Crippen molar-refractivity contribution in [2.24, 2.45) is 0 Å². The van der Waals surface area contributed by atoms with Gasteiger partial charge in [-0.2, -0.15) is 0 Å². The summed E-state index contributed by atoms with van der Waals surface area (Å²) in [6.07, 6.45) is 2.59. The average molecular weight is 397 g/mol. The Bertz CT molecular complexity index is 874. The molecule has 1 fully saturated rings. The highest BCUT2D eigenvalue weighted by atomic mass is 16.4. The Balaban J connectivity index is 1.37.